The highest BCUT2D eigenvalue weighted by Gasteiger charge is 2.66. The predicted molar refractivity (Wildman–Crippen MR) is 180 cm³/mol. The molecule has 1 aromatic rings. The second-order valence-electron chi connectivity index (χ2n) is 17.3. The predicted octanol–water partition coefficient (Wildman–Crippen LogP) is 9.04. The average Bonchev–Trinajstić information content (AvgIpc) is 3.00. The molecule has 3 saturated carbocycles. The normalized spacial score (nSPS) is 41.9. The molecule has 0 saturated heterocycles. The lowest BCUT2D eigenvalue weighted by Gasteiger charge is -2.69. The first-order valence-corrected chi connectivity index (χ1v) is 17.3. The highest BCUT2D eigenvalue weighted by Crippen LogP contribution is 2.74. The molecule has 5 aliphatic rings. The summed E-state index contributed by atoms with van der Waals surface area (Å²) in [6, 6.07) is 5.02. The Bertz CT molecular complexity index is 1450. The molecule has 0 heterocycles. The lowest BCUT2D eigenvalue weighted by atomic mass is 9.36. The molecule has 5 nitrogen and oxygen atoms in total. The molecule has 5 heteroatoms. The molecule has 0 aromatic heterocycles. The van der Waals surface area contributed by atoms with Gasteiger partial charge in [-0.2, -0.15) is 0 Å². The fourth-order valence-corrected chi connectivity index (χ4v) is 11.1. The number of hydrogen-bond donors (Lipinski definition) is 2. The molecule has 45 heavy (non-hydrogen) atoms. The van der Waals surface area contributed by atoms with E-state index < -0.39 is 0 Å². The molecule has 2 N–H and O–H groups in total. The molecule has 0 radical (unpaired) electrons. The van der Waals surface area contributed by atoms with Gasteiger partial charge in [-0.05, 0) is 132 Å². The average molecular weight is 617 g/mol. The zero-order valence-electron chi connectivity index (χ0n) is 29.0. The van der Waals surface area contributed by atoms with E-state index in [1.54, 1.807) is 35.4 Å². The van der Waals surface area contributed by atoms with Gasteiger partial charge in [-0.25, -0.2) is 4.79 Å². The van der Waals surface area contributed by atoms with Gasteiger partial charge in [-0.3, -0.25) is 0 Å². The van der Waals surface area contributed by atoms with Gasteiger partial charge < -0.3 is 19.7 Å². The third-order valence-corrected chi connectivity index (χ3v) is 14.5. The summed E-state index contributed by atoms with van der Waals surface area (Å²) in [5.41, 5.74) is 4.48. The molecule has 0 aliphatic heterocycles. The maximum Gasteiger partial charge on any atom is 0.331 e. The Morgan fingerprint density at radius 2 is 1.69 bits per heavy atom. The number of fused-ring (bicyclic) bond motifs is 7. The van der Waals surface area contributed by atoms with E-state index in [9.17, 15) is 15.0 Å². The largest absolute Gasteiger partial charge is 0.504 e. The monoisotopic (exact) mass is 616 g/mol. The minimum Gasteiger partial charge on any atom is -0.504 e. The number of phenolic OH excluding ortho intramolecular Hbond substituents is 1. The van der Waals surface area contributed by atoms with Crippen LogP contribution in [-0.2, 0) is 9.53 Å². The summed E-state index contributed by atoms with van der Waals surface area (Å²) in [6.45, 7) is 17.4. The minimum atomic E-state index is -0.330. The Labute approximate surface area is 271 Å². The summed E-state index contributed by atoms with van der Waals surface area (Å²) in [6.07, 6.45) is 18.2. The molecule has 6 rings (SSSR count). The number of carbonyl (C=O) groups excluding carboxylic acids is 1. The van der Waals surface area contributed by atoms with Crippen LogP contribution in [0.5, 0.6) is 11.5 Å². The van der Waals surface area contributed by atoms with Gasteiger partial charge in [0, 0.05) is 18.1 Å². The molecule has 0 amide bonds. The number of carbonyl (C=O) groups is 1. The number of aromatic hydroxyl groups is 1. The van der Waals surface area contributed by atoms with Gasteiger partial charge in [0.05, 0.1) is 7.11 Å². The van der Waals surface area contributed by atoms with Crippen molar-refractivity contribution in [1.29, 1.82) is 0 Å². The van der Waals surface area contributed by atoms with Gasteiger partial charge in [0.25, 0.3) is 0 Å². The molecule has 8 unspecified atom stereocenters. The number of aliphatic hydroxyl groups is 1. The molecule has 246 valence electrons. The molecule has 8 atom stereocenters. The molecule has 0 spiro atoms. The van der Waals surface area contributed by atoms with Crippen LogP contribution in [-0.4, -0.2) is 36.0 Å². The highest BCUT2D eigenvalue weighted by atomic mass is 16.5. The van der Waals surface area contributed by atoms with Crippen molar-refractivity contribution >= 4 is 12.0 Å². The van der Waals surface area contributed by atoms with E-state index in [2.05, 4.69) is 60.6 Å². The maximum absolute atomic E-state index is 13.1. The van der Waals surface area contributed by atoms with Crippen LogP contribution >= 0.6 is 0 Å². The van der Waals surface area contributed by atoms with Gasteiger partial charge in [-0.1, -0.05) is 66.7 Å². The number of hydrogen-bond acceptors (Lipinski definition) is 5. The number of methoxy groups -OCH3 is 1. The van der Waals surface area contributed by atoms with Crippen LogP contribution in [0.2, 0.25) is 0 Å². The van der Waals surface area contributed by atoms with Crippen LogP contribution in [0.25, 0.3) is 6.08 Å². The van der Waals surface area contributed by atoms with Gasteiger partial charge in [-0.15, -0.1) is 0 Å². The quantitative estimate of drug-likeness (QED) is 0.255. The van der Waals surface area contributed by atoms with Gasteiger partial charge in [0.15, 0.2) is 11.5 Å². The topological polar surface area (TPSA) is 76.0 Å². The number of ether oxygens (including phenoxy) is 2. The van der Waals surface area contributed by atoms with Crippen molar-refractivity contribution in [2.45, 2.75) is 112 Å². The summed E-state index contributed by atoms with van der Waals surface area (Å²) < 4.78 is 11.4. The first-order chi connectivity index (χ1) is 21.1. The summed E-state index contributed by atoms with van der Waals surface area (Å²) >= 11 is 0. The van der Waals surface area contributed by atoms with E-state index in [0.29, 0.717) is 23.0 Å². The van der Waals surface area contributed by atoms with E-state index in [0.717, 1.165) is 44.1 Å². The first kappa shape index (κ1) is 32.4. The van der Waals surface area contributed by atoms with Crippen LogP contribution in [0.3, 0.4) is 0 Å². The summed E-state index contributed by atoms with van der Waals surface area (Å²) in [5, 5.41) is 20.3. The maximum atomic E-state index is 13.1. The van der Waals surface area contributed by atoms with Crippen molar-refractivity contribution in [1.82, 2.24) is 0 Å². The lowest BCUT2D eigenvalue weighted by Crippen LogP contribution is -2.61. The number of allylic oxidation sites excluding steroid dienone is 4. The van der Waals surface area contributed by atoms with Gasteiger partial charge in [0.1, 0.15) is 6.10 Å². The fraction of sp³-hybridized carbons (Fsp3) is 0.675. The van der Waals surface area contributed by atoms with Crippen LogP contribution < -0.4 is 4.74 Å². The van der Waals surface area contributed by atoms with Crippen LogP contribution in [0.1, 0.15) is 112 Å². The highest BCUT2D eigenvalue weighted by molar-refractivity contribution is 5.87. The van der Waals surface area contributed by atoms with Crippen molar-refractivity contribution < 1.29 is 24.5 Å². The summed E-state index contributed by atoms with van der Waals surface area (Å²) in [5.74, 6) is 1.09. The number of aliphatic hydroxyl groups excluding tert-OH is 1. The zero-order valence-corrected chi connectivity index (χ0v) is 29.0. The van der Waals surface area contributed by atoms with E-state index in [4.69, 9.17) is 9.47 Å². The third-order valence-electron chi connectivity index (χ3n) is 14.5. The Morgan fingerprint density at radius 1 is 0.956 bits per heavy atom. The Balaban J connectivity index is 1.24. The Hall–Kier alpha value is -2.53. The SMILES string of the molecule is COc1cc(C=CC(=O)OC2CCC3(C)C4=CCC5(C)C6CC(C)(CO)CCC6(C)CCC5(C)C4=CCC3C2(C)C)ccc1O. The van der Waals surface area contributed by atoms with Gasteiger partial charge >= 0.3 is 5.97 Å². The molecular formula is C40H56O5. The minimum absolute atomic E-state index is 0.0272. The standard InChI is InChI=1S/C40H56O5/c1-35(2)31-13-11-28-27(15-18-40(7)32-24-36(3,25-41)19-20-37(32,4)21-22-39(28,40)6)38(31,5)17-16-33(35)45-34(43)14-10-26-9-12-29(42)30(23-26)44-8/h9-12,14-15,23,31-33,41-42H,13,16-22,24-25H2,1-8H3. The van der Waals surface area contributed by atoms with Gasteiger partial charge in [0.2, 0.25) is 0 Å². The first-order valence-electron chi connectivity index (χ1n) is 17.3. The molecular weight excluding hydrogens is 560 g/mol. The number of esters is 1. The zero-order chi connectivity index (χ0) is 32.6. The van der Waals surface area contributed by atoms with Crippen molar-refractivity contribution in [3.63, 3.8) is 0 Å². The number of benzene rings is 1. The van der Waals surface area contributed by atoms with E-state index >= 15 is 0 Å². The molecule has 1 aromatic carbocycles. The van der Waals surface area contributed by atoms with Crippen molar-refractivity contribution in [3.8, 4) is 11.5 Å². The van der Waals surface area contributed by atoms with E-state index in [-0.39, 0.29) is 51.5 Å². The van der Waals surface area contributed by atoms with E-state index in [1.165, 1.54) is 32.4 Å². The van der Waals surface area contributed by atoms with Crippen LogP contribution in [0.15, 0.2) is 47.6 Å². The Morgan fingerprint density at radius 3 is 2.40 bits per heavy atom. The van der Waals surface area contributed by atoms with Crippen LogP contribution in [0, 0.1) is 44.3 Å². The molecule has 5 aliphatic carbocycles. The number of phenols is 1. The molecule has 0 bridgehead atoms. The van der Waals surface area contributed by atoms with Crippen molar-refractivity contribution in [2.24, 2.45) is 44.3 Å². The number of rotatable bonds is 5. The van der Waals surface area contributed by atoms with Crippen molar-refractivity contribution in [3.05, 3.63) is 53.1 Å². The smallest absolute Gasteiger partial charge is 0.331 e. The molecule has 3 fully saturated rings. The van der Waals surface area contributed by atoms with Crippen LogP contribution in [0.4, 0.5) is 0 Å². The summed E-state index contributed by atoms with van der Waals surface area (Å²) in [4.78, 5) is 13.1. The Kier molecular flexibility index (Phi) is 7.75. The van der Waals surface area contributed by atoms with E-state index in [1.807, 2.05) is 0 Å². The summed E-state index contributed by atoms with van der Waals surface area (Å²) in [7, 11) is 1.51. The third kappa shape index (κ3) is 4.85. The fourth-order valence-electron chi connectivity index (χ4n) is 11.1. The van der Waals surface area contributed by atoms with Crippen molar-refractivity contribution in [2.75, 3.05) is 13.7 Å². The second kappa shape index (κ2) is 10.8. The lowest BCUT2D eigenvalue weighted by molar-refractivity contribution is -0.164. The second-order valence-corrected chi connectivity index (χ2v) is 17.3.